The third kappa shape index (κ3) is 2.91. The van der Waals surface area contributed by atoms with Crippen molar-refractivity contribution >= 4 is 27.0 Å². The monoisotopic (exact) mass is 277 g/mol. The first-order chi connectivity index (χ1) is 7.93. The van der Waals surface area contributed by atoms with Crippen molar-refractivity contribution in [3.8, 4) is 0 Å². The zero-order valence-corrected chi connectivity index (χ0v) is 10.6. The number of sulfonamides is 1. The van der Waals surface area contributed by atoms with E-state index in [4.69, 9.17) is 0 Å². The first-order valence-corrected chi connectivity index (χ1v) is 6.96. The average molecular weight is 277 g/mol. The predicted octanol–water partition coefficient (Wildman–Crippen LogP) is 0.408. The molecule has 94 valence electrons. The van der Waals surface area contributed by atoms with Crippen LogP contribution in [0.3, 0.4) is 0 Å². The molecule has 0 amide bonds. The van der Waals surface area contributed by atoms with Crippen LogP contribution in [0.4, 0.5) is 0 Å². The molecule has 0 fully saturated rings. The van der Waals surface area contributed by atoms with E-state index in [1.165, 1.54) is 24.3 Å². The quantitative estimate of drug-likeness (QED) is 0.622. The van der Waals surface area contributed by atoms with Crippen molar-refractivity contribution in [2.75, 3.05) is 7.11 Å². The van der Waals surface area contributed by atoms with Crippen LogP contribution in [-0.2, 0) is 25.8 Å². The van der Waals surface area contributed by atoms with Gasteiger partial charge in [0.15, 0.2) is 0 Å². The average Bonchev–Trinajstić information content (AvgIpc) is 2.29. The van der Waals surface area contributed by atoms with Crippen LogP contribution < -0.4 is 0 Å². The highest BCUT2D eigenvalue weighted by molar-refractivity contribution is 7.97. The van der Waals surface area contributed by atoms with Crippen molar-refractivity contribution in [3.63, 3.8) is 0 Å². The number of benzene rings is 1. The summed E-state index contributed by atoms with van der Waals surface area (Å²) in [4.78, 5) is 4.14. The van der Waals surface area contributed by atoms with Crippen LogP contribution in [-0.4, -0.2) is 27.8 Å². The van der Waals surface area contributed by atoms with Crippen LogP contribution in [0, 0.1) is 0 Å². The Hall–Kier alpha value is -1.22. The number of nitrogens with zero attached hydrogens (tertiary/aromatic N) is 1. The topological polar surface area (TPSA) is 80.8 Å². The van der Waals surface area contributed by atoms with Gasteiger partial charge in [-0.15, -0.1) is 0 Å². The van der Waals surface area contributed by atoms with Crippen LogP contribution in [0.15, 0.2) is 35.7 Å². The van der Waals surface area contributed by atoms with E-state index in [2.05, 4.69) is 11.4 Å². The minimum absolute atomic E-state index is 0.0649. The summed E-state index contributed by atoms with van der Waals surface area (Å²) in [6.45, 7) is 3.50. The molecule has 1 aromatic rings. The minimum Gasteiger partial charge on any atom is -0.273 e. The standard InChI is InChI=1S/C9H11NO5S2/c1-3-8-5-4-6-9(7-8)17(13,14)10(15-2)16(11)12/h3-7,16H,1H2,2H3. The van der Waals surface area contributed by atoms with Gasteiger partial charge in [-0.05, 0) is 17.7 Å². The normalized spacial score (nSPS) is 11.9. The molecule has 0 spiro atoms. The second-order valence-electron chi connectivity index (χ2n) is 2.91. The van der Waals surface area contributed by atoms with Crippen molar-refractivity contribution < 1.29 is 21.7 Å². The Bertz CT molecular complexity index is 583. The highest BCUT2D eigenvalue weighted by Gasteiger charge is 2.27. The van der Waals surface area contributed by atoms with Gasteiger partial charge in [0.1, 0.15) is 0 Å². The van der Waals surface area contributed by atoms with E-state index < -0.39 is 20.9 Å². The molecular weight excluding hydrogens is 266 g/mol. The van der Waals surface area contributed by atoms with Gasteiger partial charge in [-0.25, -0.2) is 16.8 Å². The van der Waals surface area contributed by atoms with E-state index in [0.29, 0.717) is 5.56 Å². The van der Waals surface area contributed by atoms with Gasteiger partial charge >= 0.3 is 0 Å². The second kappa shape index (κ2) is 5.41. The lowest BCUT2D eigenvalue weighted by Gasteiger charge is -2.12. The Morgan fingerprint density at radius 2 is 2.06 bits per heavy atom. The third-order valence-electron chi connectivity index (χ3n) is 1.89. The van der Waals surface area contributed by atoms with Gasteiger partial charge in [-0.2, -0.15) is 0 Å². The summed E-state index contributed by atoms with van der Waals surface area (Å²) in [5.41, 5.74) is 0.559. The highest BCUT2D eigenvalue weighted by Crippen LogP contribution is 2.17. The van der Waals surface area contributed by atoms with Gasteiger partial charge in [0.25, 0.3) is 10.0 Å². The van der Waals surface area contributed by atoms with Gasteiger partial charge in [-0.1, -0.05) is 24.8 Å². The van der Waals surface area contributed by atoms with E-state index in [0.717, 1.165) is 7.11 Å². The van der Waals surface area contributed by atoms with Gasteiger partial charge in [-0.3, -0.25) is 4.84 Å². The van der Waals surface area contributed by atoms with Gasteiger partial charge in [0.05, 0.1) is 12.0 Å². The first-order valence-electron chi connectivity index (χ1n) is 4.39. The SMILES string of the molecule is C=Cc1cccc(S(=O)(=O)N(OC)[SH](=O)=O)c1. The maximum Gasteiger partial charge on any atom is 0.278 e. The fraction of sp³-hybridized carbons (Fsp3) is 0.111. The molecule has 1 rings (SSSR count). The molecule has 1 aromatic carbocycles. The van der Waals surface area contributed by atoms with Crippen molar-refractivity contribution in [1.82, 2.24) is 3.87 Å². The van der Waals surface area contributed by atoms with Gasteiger partial charge < -0.3 is 0 Å². The lowest BCUT2D eigenvalue weighted by Crippen LogP contribution is -2.28. The summed E-state index contributed by atoms with van der Waals surface area (Å²) in [7, 11) is -6.65. The summed E-state index contributed by atoms with van der Waals surface area (Å²) in [5.74, 6) is 0. The van der Waals surface area contributed by atoms with E-state index >= 15 is 0 Å². The van der Waals surface area contributed by atoms with Crippen molar-refractivity contribution in [1.29, 1.82) is 0 Å². The minimum atomic E-state index is -4.22. The number of rotatable bonds is 5. The number of hydrogen-bond acceptors (Lipinski definition) is 5. The Morgan fingerprint density at radius 3 is 2.53 bits per heavy atom. The highest BCUT2D eigenvalue weighted by atomic mass is 32.3. The lowest BCUT2D eigenvalue weighted by molar-refractivity contribution is 0.0328. The summed E-state index contributed by atoms with van der Waals surface area (Å²) in [5, 5.41) is 0. The molecule has 0 aromatic heterocycles. The van der Waals surface area contributed by atoms with E-state index in [9.17, 15) is 16.8 Å². The Balaban J connectivity index is 3.34. The summed E-state index contributed by atoms with van der Waals surface area (Å²) in [6.07, 6.45) is 1.45. The Kier molecular flexibility index (Phi) is 4.40. The zero-order chi connectivity index (χ0) is 13.1. The molecule has 0 aliphatic carbocycles. The molecule has 0 aliphatic heterocycles. The molecule has 0 saturated heterocycles. The van der Waals surface area contributed by atoms with E-state index in [1.807, 2.05) is 0 Å². The largest absolute Gasteiger partial charge is 0.278 e. The molecular formula is C9H11NO5S2. The molecule has 0 atom stereocenters. The maximum atomic E-state index is 11.9. The summed E-state index contributed by atoms with van der Waals surface area (Å²) < 4.78 is 45.1. The predicted molar refractivity (Wildman–Crippen MR) is 62.9 cm³/mol. The molecule has 0 saturated carbocycles. The smallest absolute Gasteiger partial charge is 0.273 e. The lowest BCUT2D eigenvalue weighted by atomic mass is 10.2. The van der Waals surface area contributed by atoms with Crippen LogP contribution >= 0.6 is 0 Å². The molecule has 0 aliphatic rings. The molecule has 0 radical (unpaired) electrons. The first kappa shape index (κ1) is 13.8. The van der Waals surface area contributed by atoms with Crippen molar-refractivity contribution in [3.05, 3.63) is 36.4 Å². The molecule has 8 heteroatoms. The second-order valence-corrected chi connectivity index (χ2v) is 5.77. The Labute approximate surface area is 101 Å². The van der Waals surface area contributed by atoms with Crippen molar-refractivity contribution in [2.24, 2.45) is 0 Å². The van der Waals surface area contributed by atoms with E-state index in [-0.39, 0.29) is 8.77 Å². The third-order valence-corrected chi connectivity index (χ3v) is 4.77. The molecule has 0 heterocycles. The number of hydrogen-bond donors (Lipinski definition) is 1. The molecule has 17 heavy (non-hydrogen) atoms. The molecule has 0 bridgehead atoms. The van der Waals surface area contributed by atoms with Gasteiger partial charge in [0.2, 0.25) is 10.9 Å². The van der Waals surface area contributed by atoms with Crippen LogP contribution in [0.25, 0.3) is 6.08 Å². The van der Waals surface area contributed by atoms with Gasteiger partial charge in [0, 0.05) is 3.87 Å². The zero-order valence-electron chi connectivity index (χ0n) is 8.94. The van der Waals surface area contributed by atoms with Crippen LogP contribution in [0.1, 0.15) is 5.56 Å². The summed E-state index contributed by atoms with van der Waals surface area (Å²) >= 11 is 0. The molecule has 6 nitrogen and oxygen atoms in total. The summed E-state index contributed by atoms with van der Waals surface area (Å²) in [6, 6.07) is 5.69. The van der Waals surface area contributed by atoms with Crippen LogP contribution in [0.2, 0.25) is 0 Å². The van der Waals surface area contributed by atoms with E-state index in [1.54, 1.807) is 6.07 Å². The van der Waals surface area contributed by atoms with Crippen LogP contribution in [0.5, 0.6) is 0 Å². The maximum absolute atomic E-state index is 11.9. The number of thiol groups is 1. The fourth-order valence-corrected chi connectivity index (χ4v) is 3.18. The van der Waals surface area contributed by atoms with Crippen molar-refractivity contribution in [2.45, 2.75) is 4.90 Å². The Morgan fingerprint density at radius 1 is 1.41 bits per heavy atom. The molecule has 0 unspecified atom stereocenters. The fourth-order valence-electron chi connectivity index (χ4n) is 1.14. The molecule has 0 N–H and O–H groups in total.